The summed E-state index contributed by atoms with van der Waals surface area (Å²) >= 11 is 0. The number of rotatable bonds is 6. The predicted molar refractivity (Wildman–Crippen MR) is 77.2 cm³/mol. The Hall–Kier alpha value is -0.870. The molecule has 1 N–H and O–H groups in total. The first-order valence-electron chi connectivity index (χ1n) is 7.12. The molecule has 1 rings (SSSR count). The third-order valence-electron chi connectivity index (χ3n) is 3.25. The van der Waals surface area contributed by atoms with Crippen molar-refractivity contribution in [2.45, 2.75) is 66.7 Å². The van der Waals surface area contributed by atoms with E-state index in [1.54, 1.807) is 0 Å². The normalized spacial score (nSPS) is 15.5. The average Bonchev–Trinajstić information content (AvgIpc) is 2.64. The molecule has 4 heteroatoms. The van der Waals surface area contributed by atoms with Crippen LogP contribution in [0.4, 0.5) is 0 Å². The van der Waals surface area contributed by atoms with Gasteiger partial charge < -0.3 is 9.84 Å². The van der Waals surface area contributed by atoms with Crippen LogP contribution >= 0.6 is 0 Å². The van der Waals surface area contributed by atoms with E-state index in [0.717, 1.165) is 17.9 Å². The molecule has 1 heterocycles. The summed E-state index contributed by atoms with van der Waals surface area (Å²) in [5, 5.41) is 14.9. The van der Waals surface area contributed by atoms with Gasteiger partial charge in [0.15, 0.2) is 0 Å². The van der Waals surface area contributed by atoms with E-state index in [4.69, 9.17) is 4.74 Å². The molecule has 19 heavy (non-hydrogen) atoms. The standard InChI is InChI=1S/C15H28N2O2/c1-7-17-12(9-11(3)16-17)10-13(18)14(19-8-2)15(4,5)6/h9,13-14,18H,7-8,10H2,1-6H3. The Morgan fingerprint density at radius 3 is 2.47 bits per heavy atom. The molecular weight excluding hydrogens is 240 g/mol. The van der Waals surface area contributed by atoms with Gasteiger partial charge >= 0.3 is 0 Å². The molecule has 0 fully saturated rings. The van der Waals surface area contributed by atoms with Gasteiger partial charge in [-0.15, -0.1) is 0 Å². The van der Waals surface area contributed by atoms with Gasteiger partial charge in [-0.2, -0.15) is 5.10 Å². The summed E-state index contributed by atoms with van der Waals surface area (Å²) in [5.74, 6) is 0. The van der Waals surface area contributed by atoms with Crippen LogP contribution in [0.1, 0.15) is 46.0 Å². The Morgan fingerprint density at radius 2 is 2.00 bits per heavy atom. The van der Waals surface area contributed by atoms with E-state index in [1.165, 1.54) is 0 Å². The van der Waals surface area contributed by atoms with E-state index in [1.807, 2.05) is 24.6 Å². The maximum absolute atomic E-state index is 10.5. The number of aliphatic hydroxyl groups is 1. The van der Waals surface area contributed by atoms with E-state index < -0.39 is 6.10 Å². The SMILES string of the molecule is CCOC(C(O)Cc1cc(C)nn1CC)C(C)(C)C. The van der Waals surface area contributed by atoms with E-state index in [2.05, 4.69) is 32.8 Å². The third-order valence-corrected chi connectivity index (χ3v) is 3.25. The molecule has 0 saturated carbocycles. The zero-order valence-electron chi connectivity index (χ0n) is 13.1. The van der Waals surface area contributed by atoms with Crippen molar-refractivity contribution >= 4 is 0 Å². The minimum atomic E-state index is -0.513. The van der Waals surface area contributed by atoms with E-state index in [-0.39, 0.29) is 11.5 Å². The van der Waals surface area contributed by atoms with Gasteiger partial charge in [0, 0.05) is 25.3 Å². The van der Waals surface area contributed by atoms with Crippen LogP contribution in [-0.2, 0) is 17.7 Å². The molecule has 1 aromatic heterocycles. The number of nitrogens with zero attached hydrogens (tertiary/aromatic N) is 2. The Bertz CT molecular complexity index is 393. The highest BCUT2D eigenvalue weighted by Crippen LogP contribution is 2.26. The summed E-state index contributed by atoms with van der Waals surface area (Å²) in [6.45, 7) is 13.7. The highest BCUT2D eigenvalue weighted by molar-refractivity contribution is 5.10. The van der Waals surface area contributed by atoms with Crippen molar-refractivity contribution in [3.05, 3.63) is 17.5 Å². The number of hydrogen-bond donors (Lipinski definition) is 1. The number of ether oxygens (including phenoxy) is 1. The third kappa shape index (κ3) is 4.32. The van der Waals surface area contributed by atoms with Crippen LogP contribution in [0.2, 0.25) is 0 Å². The Morgan fingerprint density at radius 1 is 1.37 bits per heavy atom. The second kappa shape index (κ2) is 6.53. The predicted octanol–water partition coefficient (Wildman–Crippen LogP) is 2.57. The number of aromatic nitrogens is 2. The summed E-state index contributed by atoms with van der Waals surface area (Å²) in [6, 6.07) is 2.04. The molecule has 0 aliphatic rings. The molecule has 0 spiro atoms. The van der Waals surface area contributed by atoms with E-state index >= 15 is 0 Å². The van der Waals surface area contributed by atoms with Crippen molar-refractivity contribution in [3.63, 3.8) is 0 Å². The molecule has 0 aromatic carbocycles. The topological polar surface area (TPSA) is 47.3 Å². The molecule has 0 bridgehead atoms. The minimum Gasteiger partial charge on any atom is -0.390 e. The molecule has 2 atom stereocenters. The van der Waals surface area contributed by atoms with Crippen molar-refractivity contribution in [1.29, 1.82) is 0 Å². The van der Waals surface area contributed by atoms with Crippen LogP contribution in [-0.4, -0.2) is 33.7 Å². The molecule has 0 saturated heterocycles. The van der Waals surface area contributed by atoms with Gasteiger partial charge in [-0.05, 0) is 32.3 Å². The van der Waals surface area contributed by atoms with E-state index in [0.29, 0.717) is 13.0 Å². The first-order chi connectivity index (χ1) is 8.79. The molecule has 0 amide bonds. The van der Waals surface area contributed by atoms with Crippen LogP contribution in [0, 0.1) is 12.3 Å². The van der Waals surface area contributed by atoms with Gasteiger partial charge in [0.1, 0.15) is 0 Å². The fourth-order valence-corrected chi connectivity index (χ4v) is 2.48. The van der Waals surface area contributed by atoms with Crippen LogP contribution in [0.25, 0.3) is 0 Å². The van der Waals surface area contributed by atoms with Gasteiger partial charge in [-0.25, -0.2) is 0 Å². The Labute approximate surface area is 116 Å². The van der Waals surface area contributed by atoms with Crippen molar-refractivity contribution in [2.24, 2.45) is 5.41 Å². The maximum atomic E-state index is 10.5. The van der Waals surface area contributed by atoms with Gasteiger partial charge in [-0.1, -0.05) is 20.8 Å². The van der Waals surface area contributed by atoms with E-state index in [9.17, 15) is 5.11 Å². The highest BCUT2D eigenvalue weighted by Gasteiger charge is 2.32. The second-order valence-corrected chi connectivity index (χ2v) is 6.11. The number of aliphatic hydroxyl groups excluding tert-OH is 1. The van der Waals surface area contributed by atoms with Gasteiger partial charge in [0.2, 0.25) is 0 Å². The quantitative estimate of drug-likeness (QED) is 0.862. The van der Waals surface area contributed by atoms with Crippen molar-refractivity contribution in [1.82, 2.24) is 9.78 Å². The van der Waals surface area contributed by atoms with Crippen molar-refractivity contribution in [3.8, 4) is 0 Å². The summed E-state index contributed by atoms with van der Waals surface area (Å²) in [5.41, 5.74) is 1.98. The smallest absolute Gasteiger partial charge is 0.0885 e. The first kappa shape index (κ1) is 16.2. The molecule has 0 aliphatic carbocycles. The lowest BCUT2D eigenvalue weighted by Gasteiger charge is -2.34. The Balaban J connectivity index is 2.83. The van der Waals surface area contributed by atoms with Crippen LogP contribution in [0.5, 0.6) is 0 Å². The van der Waals surface area contributed by atoms with Gasteiger partial charge in [0.05, 0.1) is 17.9 Å². The molecular formula is C15H28N2O2. The highest BCUT2D eigenvalue weighted by atomic mass is 16.5. The zero-order chi connectivity index (χ0) is 14.6. The van der Waals surface area contributed by atoms with Crippen LogP contribution in [0.3, 0.4) is 0 Å². The summed E-state index contributed by atoms with van der Waals surface area (Å²) in [7, 11) is 0. The van der Waals surface area contributed by atoms with Crippen molar-refractivity contribution in [2.75, 3.05) is 6.61 Å². The second-order valence-electron chi connectivity index (χ2n) is 6.11. The monoisotopic (exact) mass is 268 g/mol. The van der Waals surface area contributed by atoms with Crippen LogP contribution in [0.15, 0.2) is 6.07 Å². The molecule has 4 nitrogen and oxygen atoms in total. The first-order valence-corrected chi connectivity index (χ1v) is 7.12. The molecule has 0 aliphatic heterocycles. The fourth-order valence-electron chi connectivity index (χ4n) is 2.48. The fraction of sp³-hybridized carbons (Fsp3) is 0.800. The van der Waals surface area contributed by atoms with Gasteiger partial charge in [0.25, 0.3) is 0 Å². The Kier molecular flexibility index (Phi) is 5.56. The molecule has 0 radical (unpaired) electrons. The molecule has 1 aromatic rings. The van der Waals surface area contributed by atoms with Crippen molar-refractivity contribution < 1.29 is 9.84 Å². The maximum Gasteiger partial charge on any atom is 0.0885 e. The summed E-state index contributed by atoms with van der Waals surface area (Å²) in [4.78, 5) is 0. The minimum absolute atomic E-state index is 0.0818. The summed E-state index contributed by atoms with van der Waals surface area (Å²) < 4.78 is 7.69. The molecule has 2 unspecified atom stereocenters. The zero-order valence-corrected chi connectivity index (χ0v) is 13.1. The lowest BCUT2D eigenvalue weighted by molar-refractivity contribution is -0.0878. The van der Waals surface area contributed by atoms with Crippen LogP contribution < -0.4 is 0 Å². The lowest BCUT2D eigenvalue weighted by Crippen LogP contribution is -2.41. The number of aryl methyl sites for hydroxylation is 2. The largest absolute Gasteiger partial charge is 0.390 e. The lowest BCUT2D eigenvalue weighted by atomic mass is 9.84. The average molecular weight is 268 g/mol. The molecule has 110 valence electrons. The summed E-state index contributed by atoms with van der Waals surface area (Å²) in [6.07, 6.45) is -0.101. The number of hydrogen-bond acceptors (Lipinski definition) is 3. The van der Waals surface area contributed by atoms with Gasteiger partial charge in [-0.3, -0.25) is 4.68 Å².